The first-order valence-corrected chi connectivity index (χ1v) is 11.1. The molecule has 0 spiro atoms. The number of benzene rings is 1. The first-order valence-electron chi connectivity index (χ1n) is 11.1. The summed E-state index contributed by atoms with van der Waals surface area (Å²) < 4.78 is 5.38. The van der Waals surface area contributed by atoms with Crippen LogP contribution in [0.4, 0.5) is 0 Å². The van der Waals surface area contributed by atoms with Gasteiger partial charge in [-0.25, -0.2) is 0 Å². The predicted octanol–water partition coefficient (Wildman–Crippen LogP) is 5.69. The summed E-state index contributed by atoms with van der Waals surface area (Å²) in [7, 11) is 0. The van der Waals surface area contributed by atoms with Gasteiger partial charge in [-0.2, -0.15) is 0 Å². The van der Waals surface area contributed by atoms with E-state index in [1.54, 1.807) is 0 Å². The summed E-state index contributed by atoms with van der Waals surface area (Å²) in [4.78, 5) is 20.3. The van der Waals surface area contributed by atoms with Crippen molar-refractivity contribution < 1.29 is 9.32 Å². The highest BCUT2D eigenvalue weighted by Gasteiger charge is 2.35. The molecule has 1 saturated heterocycles. The number of rotatable bonds is 5. The largest absolute Gasteiger partial charge is 0.361 e. The Morgan fingerprint density at radius 3 is 2.71 bits per heavy atom. The van der Waals surface area contributed by atoms with Crippen LogP contribution in [-0.2, 0) is 6.42 Å². The summed E-state index contributed by atoms with van der Waals surface area (Å²) in [5.74, 6) is 0.737. The molecule has 0 saturated carbocycles. The van der Waals surface area contributed by atoms with E-state index < -0.39 is 0 Å². The van der Waals surface area contributed by atoms with Crippen molar-refractivity contribution in [1.29, 1.82) is 0 Å². The Kier molecular flexibility index (Phi) is 5.94. The van der Waals surface area contributed by atoms with Crippen LogP contribution in [0.2, 0.25) is 0 Å². The Bertz CT molecular complexity index is 1100. The highest BCUT2D eigenvalue weighted by atomic mass is 16.5. The van der Waals surface area contributed by atoms with Crippen molar-refractivity contribution in [3.05, 3.63) is 81.5 Å². The van der Waals surface area contributed by atoms with Crippen molar-refractivity contribution in [2.75, 3.05) is 6.54 Å². The maximum Gasteiger partial charge on any atom is 0.259 e. The lowest BCUT2D eigenvalue weighted by Crippen LogP contribution is -2.32. The minimum absolute atomic E-state index is 0.00806. The van der Waals surface area contributed by atoms with Crippen LogP contribution in [0.1, 0.15) is 88.5 Å². The van der Waals surface area contributed by atoms with Crippen molar-refractivity contribution in [3.63, 3.8) is 0 Å². The highest BCUT2D eigenvalue weighted by molar-refractivity contribution is 5.96. The van der Waals surface area contributed by atoms with Gasteiger partial charge >= 0.3 is 0 Å². The Morgan fingerprint density at radius 1 is 1.19 bits per heavy atom. The quantitative estimate of drug-likeness (QED) is 0.535. The maximum atomic E-state index is 13.5. The first-order chi connectivity index (χ1) is 14.8. The molecule has 1 aliphatic heterocycles. The van der Waals surface area contributed by atoms with Crippen LogP contribution in [0.5, 0.6) is 0 Å². The van der Waals surface area contributed by atoms with Gasteiger partial charge in [-0.05, 0) is 74.8 Å². The second kappa shape index (κ2) is 8.66. The number of carbonyl (C=O) groups excluding carboxylic acids is 1. The standard InChI is InChI=1S/C26H31N3O2/c1-16(2)25-24(19(5)31-28-25)26(30)29-12-8-11-23(29)22-15-20(13-18(4)27-22)14-21-10-7-6-9-17(21)3/h6-7,9-10,13,15-16,23H,8,11-12,14H2,1-5H3/t23-/m0/s1. The molecule has 0 bridgehead atoms. The normalized spacial score (nSPS) is 16.3. The molecule has 1 aromatic carbocycles. The number of carbonyl (C=O) groups is 1. The van der Waals surface area contributed by atoms with E-state index in [1.807, 2.05) is 32.6 Å². The molecule has 31 heavy (non-hydrogen) atoms. The lowest BCUT2D eigenvalue weighted by Gasteiger charge is -2.25. The molecule has 162 valence electrons. The smallest absolute Gasteiger partial charge is 0.259 e. The molecule has 1 atom stereocenters. The Morgan fingerprint density at radius 2 is 1.97 bits per heavy atom. The van der Waals surface area contributed by atoms with Crippen molar-refractivity contribution >= 4 is 5.91 Å². The van der Waals surface area contributed by atoms with E-state index in [0.29, 0.717) is 11.3 Å². The average molecular weight is 418 g/mol. The zero-order valence-electron chi connectivity index (χ0n) is 19.1. The molecule has 0 radical (unpaired) electrons. The number of hydrogen-bond donors (Lipinski definition) is 0. The second-order valence-electron chi connectivity index (χ2n) is 8.96. The van der Waals surface area contributed by atoms with E-state index in [-0.39, 0.29) is 17.9 Å². The lowest BCUT2D eigenvalue weighted by molar-refractivity contribution is 0.0729. The monoisotopic (exact) mass is 417 g/mol. The van der Waals surface area contributed by atoms with E-state index in [0.717, 1.165) is 42.9 Å². The van der Waals surface area contributed by atoms with Gasteiger partial charge < -0.3 is 9.42 Å². The van der Waals surface area contributed by atoms with Gasteiger partial charge in [0.25, 0.3) is 5.91 Å². The number of aryl methyl sites for hydroxylation is 3. The van der Waals surface area contributed by atoms with Gasteiger partial charge in [0.1, 0.15) is 11.3 Å². The fraction of sp³-hybridized carbons (Fsp3) is 0.423. The minimum atomic E-state index is -0.0164. The minimum Gasteiger partial charge on any atom is -0.361 e. The van der Waals surface area contributed by atoms with Crippen molar-refractivity contribution in [1.82, 2.24) is 15.0 Å². The third-order valence-corrected chi connectivity index (χ3v) is 6.19. The van der Waals surface area contributed by atoms with Crippen LogP contribution >= 0.6 is 0 Å². The van der Waals surface area contributed by atoms with Gasteiger partial charge in [-0.1, -0.05) is 43.3 Å². The van der Waals surface area contributed by atoms with Gasteiger partial charge in [0.15, 0.2) is 0 Å². The molecule has 4 rings (SSSR count). The lowest BCUT2D eigenvalue weighted by atomic mass is 9.98. The summed E-state index contributed by atoms with van der Waals surface area (Å²) in [5.41, 5.74) is 7.18. The van der Waals surface area contributed by atoms with E-state index in [2.05, 4.69) is 48.5 Å². The number of pyridine rings is 1. The fourth-order valence-electron chi connectivity index (χ4n) is 4.57. The maximum absolute atomic E-state index is 13.5. The number of nitrogens with zero attached hydrogens (tertiary/aromatic N) is 3. The first kappa shape index (κ1) is 21.3. The number of amides is 1. The summed E-state index contributed by atoms with van der Waals surface area (Å²) in [6.45, 7) is 10.8. The van der Waals surface area contributed by atoms with Crippen LogP contribution in [0.25, 0.3) is 0 Å². The molecule has 3 heterocycles. The van der Waals surface area contributed by atoms with E-state index in [9.17, 15) is 4.79 Å². The topological polar surface area (TPSA) is 59.2 Å². The van der Waals surface area contributed by atoms with Gasteiger partial charge in [0.05, 0.1) is 17.4 Å². The Balaban J connectivity index is 1.65. The molecule has 5 nitrogen and oxygen atoms in total. The molecule has 0 aliphatic carbocycles. The molecule has 0 unspecified atom stereocenters. The molecule has 5 heteroatoms. The van der Waals surface area contributed by atoms with Gasteiger partial charge in [-0.15, -0.1) is 0 Å². The van der Waals surface area contributed by atoms with Crippen LogP contribution < -0.4 is 0 Å². The van der Waals surface area contributed by atoms with Gasteiger partial charge in [0.2, 0.25) is 0 Å². The summed E-state index contributed by atoms with van der Waals surface area (Å²) in [6, 6.07) is 12.8. The van der Waals surface area contributed by atoms with E-state index in [1.165, 1.54) is 16.7 Å². The average Bonchev–Trinajstić information content (AvgIpc) is 3.36. The molecule has 1 fully saturated rings. The van der Waals surface area contributed by atoms with Crippen molar-refractivity contribution in [3.8, 4) is 0 Å². The summed E-state index contributed by atoms with van der Waals surface area (Å²) >= 11 is 0. The van der Waals surface area contributed by atoms with Crippen molar-refractivity contribution in [2.24, 2.45) is 0 Å². The predicted molar refractivity (Wildman–Crippen MR) is 121 cm³/mol. The van der Waals surface area contributed by atoms with E-state index >= 15 is 0 Å². The molecular formula is C26H31N3O2. The molecule has 3 aromatic rings. The molecule has 0 N–H and O–H groups in total. The van der Waals surface area contributed by atoms with Crippen LogP contribution in [0.15, 0.2) is 40.9 Å². The Hall–Kier alpha value is -2.95. The van der Waals surface area contributed by atoms with E-state index in [4.69, 9.17) is 9.51 Å². The highest BCUT2D eigenvalue weighted by Crippen LogP contribution is 2.35. The van der Waals surface area contributed by atoms with Crippen LogP contribution in [0, 0.1) is 20.8 Å². The molecule has 2 aromatic heterocycles. The summed E-state index contributed by atoms with van der Waals surface area (Å²) in [5, 5.41) is 4.15. The number of likely N-dealkylation sites (tertiary alicyclic amines) is 1. The Labute approximate surface area is 184 Å². The second-order valence-corrected chi connectivity index (χ2v) is 8.96. The zero-order chi connectivity index (χ0) is 22.1. The van der Waals surface area contributed by atoms with Crippen LogP contribution in [0.3, 0.4) is 0 Å². The fourth-order valence-corrected chi connectivity index (χ4v) is 4.57. The van der Waals surface area contributed by atoms with Gasteiger partial charge in [-0.3, -0.25) is 9.78 Å². The zero-order valence-corrected chi connectivity index (χ0v) is 19.1. The molecule has 1 amide bonds. The third-order valence-electron chi connectivity index (χ3n) is 6.19. The third kappa shape index (κ3) is 4.27. The SMILES string of the molecule is Cc1cc(Cc2ccccc2C)cc([C@@H]2CCCN2C(=O)c2c(C(C)C)noc2C)n1. The molecular weight excluding hydrogens is 386 g/mol. The van der Waals surface area contributed by atoms with Gasteiger partial charge in [0, 0.05) is 12.2 Å². The van der Waals surface area contributed by atoms with Crippen LogP contribution in [-0.4, -0.2) is 27.5 Å². The molecule has 1 aliphatic rings. The number of hydrogen-bond acceptors (Lipinski definition) is 4. The van der Waals surface area contributed by atoms with Crippen molar-refractivity contribution in [2.45, 2.75) is 65.8 Å². The summed E-state index contributed by atoms with van der Waals surface area (Å²) in [6.07, 6.45) is 2.76. The number of aromatic nitrogens is 2.